The Morgan fingerprint density at radius 1 is 1.33 bits per heavy atom. The summed E-state index contributed by atoms with van der Waals surface area (Å²) in [7, 11) is 0. The lowest BCUT2D eigenvalue weighted by Crippen LogP contribution is -2.14. The van der Waals surface area contributed by atoms with Gasteiger partial charge in [0.05, 0.1) is 22.6 Å². The molecule has 2 rings (SSSR count). The number of carbonyl (C=O) groups is 1. The van der Waals surface area contributed by atoms with Crippen LogP contribution in [0.3, 0.4) is 0 Å². The van der Waals surface area contributed by atoms with Crippen LogP contribution in [0.15, 0.2) is 35.7 Å². The molecular weight excluding hydrogens is 331 g/mol. The fourth-order valence-electron chi connectivity index (χ4n) is 1.54. The summed E-state index contributed by atoms with van der Waals surface area (Å²) in [6, 6.07) is 3.07. The number of carbonyl (C=O) groups excluding carboxylic acids is 1. The van der Waals surface area contributed by atoms with Gasteiger partial charge in [0, 0.05) is 29.6 Å². The zero-order chi connectivity index (χ0) is 15.2. The zero-order valence-electron chi connectivity index (χ0n) is 10.8. The minimum Gasteiger partial charge on any atom is -0.397 e. The van der Waals surface area contributed by atoms with E-state index in [2.05, 4.69) is 15.3 Å². The van der Waals surface area contributed by atoms with E-state index in [-0.39, 0.29) is 5.91 Å². The monoisotopic (exact) mass is 342 g/mol. The van der Waals surface area contributed by atoms with Gasteiger partial charge in [-0.15, -0.1) is 11.8 Å². The molecule has 0 bridgehead atoms. The van der Waals surface area contributed by atoms with Crippen molar-refractivity contribution in [3.05, 3.63) is 40.8 Å². The topological polar surface area (TPSA) is 80.9 Å². The molecule has 1 heterocycles. The molecule has 0 unspecified atom stereocenters. The minimum atomic E-state index is -0.178. The summed E-state index contributed by atoms with van der Waals surface area (Å²) in [4.78, 5) is 19.9. The Balaban J connectivity index is 1.88. The lowest BCUT2D eigenvalue weighted by atomic mass is 10.2. The molecule has 0 fully saturated rings. The van der Waals surface area contributed by atoms with Gasteiger partial charge in [-0.1, -0.05) is 23.2 Å². The van der Waals surface area contributed by atoms with Gasteiger partial charge in [-0.3, -0.25) is 9.78 Å². The number of anilines is 2. The first-order chi connectivity index (χ1) is 10.1. The van der Waals surface area contributed by atoms with Gasteiger partial charge >= 0.3 is 0 Å². The molecule has 2 aromatic rings. The predicted octanol–water partition coefficient (Wildman–Crippen LogP) is 3.49. The summed E-state index contributed by atoms with van der Waals surface area (Å²) >= 11 is 13.3. The van der Waals surface area contributed by atoms with Gasteiger partial charge in [0.15, 0.2) is 0 Å². The molecule has 0 saturated carbocycles. The number of halogens is 2. The number of rotatable bonds is 5. The van der Waals surface area contributed by atoms with Gasteiger partial charge in [0.2, 0.25) is 5.91 Å². The van der Waals surface area contributed by atoms with E-state index in [4.69, 9.17) is 28.9 Å². The van der Waals surface area contributed by atoms with E-state index in [1.165, 1.54) is 23.9 Å². The van der Waals surface area contributed by atoms with Gasteiger partial charge in [0.1, 0.15) is 5.03 Å². The largest absolute Gasteiger partial charge is 0.397 e. The second kappa shape index (κ2) is 7.49. The molecule has 0 saturated heterocycles. The maximum Gasteiger partial charge on any atom is 0.225 e. The van der Waals surface area contributed by atoms with E-state index in [1.54, 1.807) is 18.6 Å². The van der Waals surface area contributed by atoms with Crippen LogP contribution in [0, 0.1) is 0 Å². The Hall–Kier alpha value is -1.50. The zero-order valence-corrected chi connectivity index (χ0v) is 13.2. The number of nitrogens with one attached hydrogen (secondary N) is 1. The van der Waals surface area contributed by atoms with Crippen molar-refractivity contribution in [2.75, 3.05) is 16.8 Å². The van der Waals surface area contributed by atoms with Crippen molar-refractivity contribution in [3.63, 3.8) is 0 Å². The van der Waals surface area contributed by atoms with Crippen LogP contribution in [0.5, 0.6) is 0 Å². The first-order valence-electron chi connectivity index (χ1n) is 5.99. The molecule has 3 N–H and O–H groups in total. The molecule has 0 aliphatic rings. The van der Waals surface area contributed by atoms with E-state index in [9.17, 15) is 4.79 Å². The van der Waals surface area contributed by atoms with E-state index in [1.807, 2.05) is 0 Å². The van der Waals surface area contributed by atoms with Crippen LogP contribution in [-0.4, -0.2) is 21.6 Å². The van der Waals surface area contributed by atoms with E-state index < -0.39 is 0 Å². The van der Waals surface area contributed by atoms with Crippen LogP contribution in [-0.2, 0) is 4.79 Å². The number of thioether (sulfide) groups is 1. The molecule has 5 nitrogen and oxygen atoms in total. The number of nitrogen functional groups attached to an aromatic ring is 1. The Kier molecular flexibility index (Phi) is 5.67. The van der Waals surface area contributed by atoms with Crippen LogP contribution < -0.4 is 11.1 Å². The first kappa shape index (κ1) is 15.9. The third kappa shape index (κ3) is 4.77. The number of amides is 1. The van der Waals surface area contributed by atoms with E-state index >= 15 is 0 Å². The van der Waals surface area contributed by atoms with Crippen LogP contribution in [0.2, 0.25) is 10.0 Å². The highest BCUT2D eigenvalue weighted by molar-refractivity contribution is 7.99. The van der Waals surface area contributed by atoms with Gasteiger partial charge in [-0.05, 0) is 12.1 Å². The van der Waals surface area contributed by atoms with Crippen molar-refractivity contribution < 1.29 is 4.79 Å². The Morgan fingerprint density at radius 2 is 2.14 bits per heavy atom. The second-order valence-corrected chi connectivity index (χ2v) is 6.00. The number of nitrogens with two attached hydrogens (primary N) is 1. The maximum absolute atomic E-state index is 11.9. The molecule has 0 atom stereocenters. The molecule has 0 aliphatic heterocycles. The Morgan fingerprint density at radius 3 is 2.81 bits per heavy atom. The standard InChI is InChI=1S/C13H12Cl2N4OS/c14-8-5-9(15)13(10(16)6-8)19-11(20)1-4-21-12-7-17-2-3-18-12/h2-3,5-7H,1,4,16H2,(H,19,20). The number of benzene rings is 1. The fraction of sp³-hybridized carbons (Fsp3) is 0.154. The number of aromatic nitrogens is 2. The normalized spacial score (nSPS) is 10.4. The van der Waals surface area contributed by atoms with Gasteiger partial charge < -0.3 is 11.1 Å². The van der Waals surface area contributed by atoms with Crippen molar-refractivity contribution in [2.45, 2.75) is 11.4 Å². The van der Waals surface area contributed by atoms with Crippen molar-refractivity contribution >= 4 is 52.2 Å². The van der Waals surface area contributed by atoms with Gasteiger partial charge in [-0.25, -0.2) is 4.98 Å². The van der Waals surface area contributed by atoms with Gasteiger partial charge in [-0.2, -0.15) is 0 Å². The SMILES string of the molecule is Nc1cc(Cl)cc(Cl)c1NC(=O)CCSc1cnccn1. The number of hydrogen-bond donors (Lipinski definition) is 2. The molecule has 1 amide bonds. The summed E-state index contributed by atoms with van der Waals surface area (Å²) in [6.07, 6.45) is 5.16. The van der Waals surface area contributed by atoms with E-state index in [0.29, 0.717) is 33.6 Å². The lowest BCUT2D eigenvalue weighted by molar-refractivity contribution is -0.115. The lowest BCUT2D eigenvalue weighted by Gasteiger charge is -2.10. The molecule has 0 spiro atoms. The van der Waals surface area contributed by atoms with Crippen molar-refractivity contribution in [3.8, 4) is 0 Å². The molecule has 0 radical (unpaired) electrons. The molecule has 8 heteroatoms. The molecule has 21 heavy (non-hydrogen) atoms. The van der Waals surface area contributed by atoms with Crippen LogP contribution >= 0.6 is 35.0 Å². The molecule has 1 aromatic heterocycles. The average molecular weight is 343 g/mol. The highest BCUT2D eigenvalue weighted by Gasteiger charge is 2.10. The summed E-state index contributed by atoms with van der Waals surface area (Å²) in [6.45, 7) is 0. The smallest absolute Gasteiger partial charge is 0.225 e. The van der Waals surface area contributed by atoms with Gasteiger partial charge in [0.25, 0.3) is 0 Å². The van der Waals surface area contributed by atoms with Crippen LogP contribution in [0.25, 0.3) is 0 Å². The summed E-state index contributed by atoms with van der Waals surface area (Å²) in [5.74, 6) is 0.401. The van der Waals surface area contributed by atoms with Crippen molar-refractivity contribution in [1.29, 1.82) is 0 Å². The number of nitrogens with zero attached hydrogens (tertiary/aromatic N) is 2. The Bertz CT molecular complexity index is 616. The summed E-state index contributed by atoms with van der Waals surface area (Å²) < 4.78 is 0. The molecule has 110 valence electrons. The molecule has 1 aromatic carbocycles. The molecule has 0 aliphatic carbocycles. The van der Waals surface area contributed by atoms with Crippen LogP contribution in [0.4, 0.5) is 11.4 Å². The highest BCUT2D eigenvalue weighted by atomic mass is 35.5. The summed E-state index contributed by atoms with van der Waals surface area (Å²) in [5, 5.41) is 4.20. The third-order valence-electron chi connectivity index (χ3n) is 2.47. The van der Waals surface area contributed by atoms with Crippen molar-refractivity contribution in [1.82, 2.24) is 9.97 Å². The van der Waals surface area contributed by atoms with Crippen molar-refractivity contribution in [2.24, 2.45) is 0 Å². The third-order valence-corrected chi connectivity index (χ3v) is 3.90. The highest BCUT2D eigenvalue weighted by Crippen LogP contribution is 2.32. The summed E-state index contributed by atoms with van der Waals surface area (Å²) in [5.41, 5.74) is 6.50. The second-order valence-electron chi connectivity index (χ2n) is 4.04. The van der Waals surface area contributed by atoms with Crippen LogP contribution in [0.1, 0.15) is 6.42 Å². The van der Waals surface area contributed by atoms with E-state index in [0.717, 1.165) is 5.03 Å². The quantitative estimate of drug-likeness (QED) is 0.642. The predicted molar refractivity (Wildman–Crippen MR) is 86.9 cm³/mol. The maximum atomic E-state index is 11.9. The average Bonchev–Trinajstić information content (AvgIpc) is 2.44. The number of hydrogen-bond acceptors (Lipinski definition) is 5. The minimum absolute atomic E-state index is 0.178. The fourth-order valence-corrected chi connectivity index (χ4v) is 2.86. The molecular formula is C13H12Cl2N4OS. The first-order valence-corrected chi connectivity index (χ1v) is 7.73. The Labute approximate surface area is 136 Å².